The van der Waals surface area contributed by atoms with Gasteiger partial charge in [-0.15, -0.1) is 0 Å². The van der Waals surface area contributed by atoms with E-state index in [1.165, 1.54) is 89.9 Å². The molecule has 1 aliphatic heterocycles. The van der Waals surface area contributed by atoms with Gasteiger partial charge in [-0.1, -0.05) is 172 Å². The molecule has 0 saturated carbocycles. The Balaban J connectivity index is 0.000000129. The summed E-state index contributed by atoms with van der Waals surface area (Å²) in [7, 11) is 0. The van der Waals surface area contributed by atoms with E-state index in [1.807, 2.05) is 160 Å². The molecule has 0 atom stereocenters. The van der Waals surface area contributed by atoms with Crippen LogP contribution in [0.15, 0.2) is 251 Å². The molecule has 14 heterocycles. The van der Waals surface area contributed by atoms with E-state index in [2.05, 4.69) is 141 Å². The molecule has 1 fully saturated rings. The van der Waals surface area contributed by atoms with E-state index < -0.39 is 0 Å². The van der Waals surface area contributed by atoms with Gasteiger partial charge in [0, 0.05) is 169 Å². The molecule has 34 heteroatoms. The third-order valence-electron chi connectivity index (χ3n) is 18.6. The van der Waals surface area contributed by atoms with Crippen molar-refractivity contribution < 1.29 is 0 Å². The number of pyridine rings is 4. The maximum absolute atomic E-state index is 11.7. The number of para-hydroxylation sites is 4. The van der Waals surface area contributed by atoms with E-state index >= 15 is 0 Å². The highest BCUT2D eigenvalue weighted by molar-refractivity contribution is 7.99. The number of rotatable bonds is 20. The van der Waals surface area contributed by atoms with Gasteiger partial charge in [0.25, 0.3) is 22.2 Å². The van der Waals surface area contributed by atoms with E-state index in [0.29, 0.717) is 70.4 Å². The summed E-state index contributed by atoms with van der Waals surface area (Å²) in [4.78, 5) is 117. The zero-order chi connectivity index (χ0) is 88.0. The first-order valence-corrected chi connectivity index (χ1v) is 47.0. The maximum Gasteiger partial charge on any atom is 0.251 e. The molecule has 0 aliphatic carbocycles. The van der Waals surface area contributed by atoms with Crippen molar-refractivity contribution in [1.82, 2.24) is 98.1 Å². The number of fused-ring (bicyclic) bond motifs is 5. The predicted molar refractivity (Wildman–Crippen MR) is 510 cm³/mol. The number of thioether (sulfide) groups is 6. The monoisotopic (exact) mass is 1840 g/mol. The van der Waals surface area contributed by atoms with Crippen LogP contribution in [0.3, 0.4) is 0 Å². The molecule has 1 aliphatic rings. The van der Waals surface area contributed by atoms with Crippen LogP contribution in [0, 0.1) is 55.4 Å². The zero-order valence-corrected chi connectivity index (χ0v) is 77.4. The number of nitrogens with one attached hydrogen (secondary N) is 4. The number of hydrogen-bond donors (Lipinski definition) is 4. The number of aromatic nitrogens is 20. The average molecular weight is 1840 g/mol. The molecule has 0 radical (unpaired) electrons. The van der Waals surface area contributed by atoms with E-state index in [-0.39, 0.29) is 22.2 Å². The topological polar surface area (TPSA) is 316 Å². The van der Waals surface area contributed by atoms with Gasteiger partial charge in [0.05, 0.1) is 49.9 Å². The number of nitrogens with zero attached hydrogens (tertiary/aromatic N) is 17. The number of halogens is 3. The summed E-state index contributed by atoms with van der Waals surface area (Å²) in [6.45, 7) is 21.7. The van der Waals surface area contributed by atoms with E-state index in [1.54, 1.807) is 73.4 Å². The minimum Gasteiger partial charge on any atom is -0.356 e. The maximum atomic E-state index is 11.7. The smallest absolute Gasteiger partial charge is 0.251 e. The molecule has 0 amide bonds. The van der Waals surface area contributed by atoms with Crippen LogP contribution in [0.5, 0.6) is 0 Å². The summed E-state index contributed by atoms with van der Waals surface area (Å²) in [5, 5.41) is 8.26. The van der Waals surface area contributed by atoms with Gasteiger partial charge < -0.3 is 38.2 Å². The molecule has 0 spiro atoms. The van der Waals surface area contributed by atoms with Gasteiger partial charge in [-0.05, 0) is 179 Å². The zero-order valence-electron chi connectivity index (χ0n) is 70.2. The van der Waals surface area contributed by atoms with Crippen molar-refractivity contribution in [3.8, 4) is 0 Å². The normalized spacial score (nSPS) is 11.8. The van der Waals surface area contributed by atoms with E-state index in [0.717, 1.165) is 148 Å². The lowest BCUT2D eigenvalue weighted by Gasteiger charge is -2.29. The lowest BCUT2D eigenvalue weighted by Crippen LogP contribution is -2.31. The van der Waals surface area contributed by atoms with Crippen LogP contribution >= 0.6 is 105 Å². The minimum absolute atomic E-state index is 0.104. The fraction of sp³-hybridized carbons (Fsp3) is 0.242. The van der Waals surface area contributed by atoms with Crippen molar-refractivity contribution in [3.63, 3.8) is 0 Å². The first-order valence-electron chi connectivity index (χ1n) is 40.0. The van der Waals surface area contributed by atoms with Crippen LogP contribution in [-0.2, 0) is 34.5 Å². The van der Waals surface area contributed by atoms with Gasteiger partial charge >= 0.3 is 0 Å². The van der Waals surface area contributed by atoms with Gasteiger partial charge in [0.1, 0.15) is 22.9 Å². The van der Waals surface area contributed by atoms with Gasteiger partial charge in [0.2, 0.25) is 0 Å². The fourth-order valence-corrected chi connectivity index (χ4v) is 19.3. The quantitative estimate of drug-likeness (QED) is 0.0407. The van der Waals surface area contributed by atoms with E-state index in [9.17, 15) is 19.2 Å². The summed E-state index contributed by atoms with van der Waals surface area (Å²) < 4.78 is 6.20. The Hall–Kier alpha value is -11.0. The summed E-state index contributed by atoms with van der Waals surface area (Å²) >= 11 is 27.2. The molecular formula is C91H90Cl3N21O4S6. The number of piperidine rings is 1. The molecule has 0 bridgehead atoms. The second-order valence-corrected chi connectivity index (χ2v) is 36.3. The number of hydrogen-bond acceptors (Lipinski definition) is 24. The van der Waals surface area contributed by atoms with Crippen LogP contribution in [0.1, 0.15) is 119 Å². The van der Waals surface area contributed by atoms with Crippen LogP contribution in [0.4, 0.5) is 5.82 Å². The van der Waals surface area contributed by atoms with E-state index in [4.69, 9.17) is 44.8 Å². The Labute approximate surface area is 762 Å². The number of anilines is 1. The number of aromatic amines is 4. The molecule has 25 nitrogen and oxygen atoms in total. The predicted octanol–water partition coefficient (Wildman–Crippen LogP) is 20.5. The lowest BCUT2D eigenvalue weighted by molar-refractivity contribution is 0.573. The molecule has 18 rings (SSSR count). The summed E-state index contributed by atoms with van der Waals surface area (Å²) in [6, 6.07) is 56.1. The molecule has 4 aromatic carbocycles. The van der Waals surface area contributed by atoms with Crippen LogP contribution in [0.2, 0.25) is 15.1 Å². The van der Waals surface area contributed by atoms with Gasteiger partial charge in [0.15, 0.2) is 30.9 Å². The first kappa shape index (κ1) is 91.7. The van der Waals surface area contributed by atoms with Crippen LogP contribution < -0.4 is 27.1 Å². The van der Waals surface area contributed by atoms with Crippen molar-refractivity contribution in [2.45, 2.75) is 160 Å². The van der Waals surface area contributed by atoms with Gasteiger partial charge in [-0.2, -0.15) is 0 Å². The molecule has 4 N–H and O–H groups in total. The highest BCUT2D eigenvalue weighted by Gasteiger charge is 2.20. The standard InChI is InChI=1S/C20H22N4OS.C17H20N4S.C15H13N3OS.C14H14N4S.C13H11ClN4OS.C12H10Cl2N2OS/c1-14-11-18(25)23-20(21-14)26-13-16-12-15-7-3-4-8-17(15)22-19(16)24-9-5-2-6-10-24;1-11(2)21-15-8-6-5-7-14(15)20-16(21)10-22-17-18-12(3)9-13(4)19-17;1-10-8-14(19)18-15(16-10)20-9-12-7-6-11-4-2-3-5-13(11)17-12;1-10-7-11(2)16-14(15-10)19-9-12-8-18-6-4-3-5-13(18)17-12;1-8-4-12(19)17-13(15-8)20-7-10-6-18-5-9(14)2-3-11(18)16-10;1-7-5-11(17)16-12(15-7)18-6-8-9(13)3-2-4-10(8)14/h3-4,7-8,11-12H,2,5-6,9-10,13H2,1H3,(H,21,23,25);5-9,11H,10H2,1-4H3;2-8H,9H2,1H3,(H,16,18,19);3-8H,9H2,1-2H3;2-6H,7H2,1H3,(H,15,17,19);2-5H,6H2,1H3,(H,15,16,17). The Morgan fingerprint density at radius 2 is 0.824 bits per heavy atom. The van der Waals surface area contributed by atoms with Crippen molar-refractivity contribution in [2.24, 2.45) is 0 Å². The largest absolute Gasteiger partial charge is 0.356 e. The minimum atomic E-state index is -0.157. The van der Waals surface area contributed by atoms with Crippen molar-refractivity contribution in [2.75, 3.05) is 18.0 Å². The molecule has 17 aromatic rings. The third-order valence-corrected chi connectivity index (χ3v) is 24.9. The summed E-state index contributed by atoms with van der Waals surface area (Å²) in [5.41, 5.74) is 17.4. The molecule has 125 heavy (non-hydrogen) atoms. The highest BCUT2D eigenvalue weighted by Crippen LogP contribution is 2.34. The van der Waals surface area contributed by atoms with Crippen molar-refractivity contribution in [3.05, 3.63) is 337 Å². The molecule has 1 saturated heterocycles. The Bertz CT molecular complexity index is 6780. The van der Waals surface area contributed by atoms with Crippen molar-refractivity contribution in [1.29, 1.82) is 0 Å². The summed E-state index contributed by atoms with van der Waals surface area (Å²) in [6.07, 6.45) is 11.5. The molecular weight excluding hydrogens is 1750 g/mol. The number of aryl methyl sites for hydroxylation is 8. The Kier molecular flexibility index (Phi) is 32.5. The number of H-pyrrole nitrogens is 4. The summed E-state index contributed by atoms with van der Waals surface area (Å²) in [5.74, 6) is 6.30. The van der Waals surface area contributed by atoms with Gasteiger partial charge in [-0.3, -0.25) is 24.2 Å². The van der Waals surface area contributed by atoms with Crippen molar-refractivity contribution >= 4 is 155 Å². The van der Waals surface area contributed by atoms with Crippen LogP contribution in [-0.4, -0.2) is 111 Å². The number of benzene rings is 4. The molecule has 640 valence electrons. The average Bonchev–Trinajstić information content (AvgIpc) is 1.34. The van der Waals surface area contributed by atoms with Crippen LogP contribution in [0.25, 0.3) is 44.1 Å². The second kappa shape index (κ2) is 44.2. The highest BCUT2D eigenvalue weighted by atomic mass is 35.5. The Morgan fingerprint density at radius 3 is 1.37 bits per heavy atom. The first-order chi connectivity index (χ1) is 60.3. The van der Waals surface area contributed by atoms with Gasteiger partial charge in [-0.25, -0.2) is 59.8 Å². The SMILES string of the molecule is Cc1cc(=O)[nH]c(SCc2c(Cl)cccc2Cl)n1.Cc1cc(=O)[nH]c(SCc2cc3ccccc3nc2N2CCCCC2)n1.Cc1cc(=O)[nH]c(SCc2ccc3ccccc3n2)n1.Cc1cc(=O)[nH]c(SCc2cn3cc(Cl)ccc3n2)n1.Cc1cc(C)nc(SCc2cn3ccccc3n2)n1.Cc1cc(C)nc(SCc2nc3ccccc3n2C(C)C)n1. The number of imidazole rings is 3. The fourth-order valence-electron chi connectivity index (χ4n) is 13.2. The third kappa shape index (κ3) is 27.0. The second-order valence-electron chi connectivity index (χ2n) is 29.3. The Morgan fingerprint density at radius 1 is 0.368 bits per heavy atom. The lowest BCUT2D eigenvalue weighted by atomic mass is 10.1. The molecule has 13 aromatic heterocycles. The molecule has 0 unspecified atom stereocenters.